The molecule has 0 spiro atoms. The molecule has 0 atom stereocenters. The summed E-state index contributed by atoms with van der Waals surface area (Å²) in [7, 11) is 0. The van der Waals surface area contributed by atoms with Crippen LogP contribution < -0.4 is 9.88 Å². The van der Waals surface area contributed by atoms with Crippen molar-refractivity contribution in [1.29, 1.82) is 5.26 Å². The molecular formula is C24H32N3+. The quantitative estimate of drug-likeness (QED) is 0.637. The number of anilines is 1. The third kappa shape index (κ3) is 4.33. The summed E-state index contributed by atoms with van der Waals surface area (Å²) in [4.78, 5) is 6.15. The van der Waals surface area contributed by atoms with Crippen molar-refractivity contribution in [2.75, 3.05) is 18.0 Å². The Morgan fingerprint density at radius 3 is 2.19 bits per heavy atom. The number of nitrogens with one attached hydrogen (secondary N) is 1. The molecular weight excluding hydrogens is 330 g/mol. The fourth-order valence-corrected chi connectivity index (χ4v) is 4.10. The Balaban J connectivity index is 2.15. The second-order valence-electron chi connectivity index (χ2n) is 7.56. The van der Waals surface area contributed by atoms with Crippen LogP contribution in [0.1, 0.15) is 69.1 Å². The molecule has 2 aromatic rings. The Hall–Kier alpha value is -2.34. The summed E-state index contributed by atoms with van der Waals surface area (Å²) in [6.45, 7) is 6.48. The fraction of sp³-hybridized carbons (Fsp3) is 0.500. The lowest BCUT2D eigenvalue weighted by atomic mass is 9.86. The molecule has 1 aromatic carbocycles. The molecule has 27 heavy (non-hydrogen) atoms. The van der Waals surface area contributed by atoms with Gasteiger partial charge in [0.15, 0.2) is 0 Å². The molecule has 0 saturated heterocycles. The SMILES string of the molecule is CCCCN(CCCC)c1[nH+]c(-c2ccccc2)c2c(c1C#N)CCCC2. The maximum atomic E-state index is 10.0. The van der Waals surface area contributed by atoms with Crippen LogP contribution in [0.2, 0.25) is 0 Å². The highest BCUT2D eigenvalue weighted by molar-refractivity contribution is 5.68. The van der Waals surface area contributed by atoms with Crippen LogP contribution in [0.5, 0.6) is 0 Å². The number of rotatable bonds is 8. The number of aromatic amines is 1. The highest BCUT2D eigenvalue weighted by Gasteiger charge is 2.29. The zero-order chi connectivity index (χ0) is 19.1. The second kappa shape index (κ2) is 9.55. The lowest BCUT2D eigenvalue weighted by Gasteiger charge is -2.24. The Labute approximate surface area is 164 Å². The van der Waals surface area contributed by atoms with Crippen LogP contribution in [-0.2, 0) is 12.8 Å². The van der Waals surface area contributed by atoms with E-state index in [1.165, 1.54) is 48.1 Å². The third-order valence-corrected chi connectivity index (χ3v) is 5.61. The summed E-state index contributed by atoms with van der Waals surface area (Å²) in [5.41, 5.74) is 5.98. The van der Waals surface area contributed by atoms with Crippen molar-refractivity contribution < 1.29 is 4.98 Å². The predicted molar refractivity (Wildman–Crippen MR) is 112 cm³/mol. The number of aromatic nitrogens is 1. The second-order valence-corrected chi connectivity index (χ2v) is 7.56. The first-order valence-corrected chi connectivity index (χ1v) is 10.6. The van der Waals surface area contributed by atoms with Gasteiger partial charge >= 0.3 is 0 Å². The Morgan fingerprint density at radius 2 is 1.59 bits per heavy atom. The number of benzene rings is 1. The standard InChI is InChI=1S/C24H31N3/c1-3-5-16-27(17-6-4-2)24-22(18-25)20-14-10-11-15-21(20)23(26-24)19-12-8-7-9-13-19/h7-9,12-13H,3-6,10-11,14-17H2,1-2H3/p+1. The smallest absolute Gasteiger partial charge is 0.261 e. The van der Waals surface area contributed by atoms with Crippen molar-refractivity contribution in [1.82, 2.24) is 0 Å². The van der Waals surface area contributed by atoms with Crippen molar-refractivity contribution >= 4 is 5.82 Å². The lowest BCUT2D eigenvalue weighted by molar-refractivity contribution is -0.351. The van der Waals surface area contributed by atoms with Gasteiger partial charge in [-0.05, 0) is 44.1 Å². The van der Waals surface area contributed by atoms with Crippen molar-refractivity contribution in [3.63, 3.8) is 0 Å². The Bertz CT molecular complexity index is 782. The van der Waals surface area contributed by atoms with Gasteiger partial charge in [-0.3, -0.25) is 4.90 Å². The molecule has 0 amide bonds. The fourth-order valence-electron chi connectivity index (χ4n) is 4.10. The van der Waals surface area contributed by atoms with Gasteiger partial charge in [-0.2, -0.15) is 5.26 Å². The van der Waals surface area contributed by atoms with E-state index >= 15 is 0 Å². The molecule has 1 aliphatic rings. The molecule has 0 bridgehead atoms. The van der Waals surface area contributed by atoms with Gasteiger partial charge in [0.25, 0.3) is 5.82 Å². The largest absolute Gasteiger partial charge is 0.293 e. The van der Waals surface area contributed by atoms with Gasteiger partial charge in [0.2, 0.25) is 0 Å². The molecule has 1 aromatic heterocycles. The highest BCUT2D eigenvalue weighted by Crippen LogP contribution is 2.34. The van der Waals surface area contributed by atoms with Gasteiger partial charge in [0.1, 0.15) is 17.3 Å². The molecule has 0 fully saturated rings. The van der Waals surface area contributed by atoms with Gasteiger partial charge < -0.3 is 0 Å². The summed E-state index contributed by atoms with van der Waals surface area (Å²) in [6.07, 6.45) is 9.12. The first-order valence-electron chi connectivity index (χ1n) is 10.6. The first kappa shape index (κ1) is 19.4. The van der Waals surface area contributed by atoms with E-state index in [1.54, 1.807) is 0 Å². The zero-order valence-corrected chi connectivity index (χ0v) is 16.9. The van der Waals surface area contributed by atoms with E-state index in [0.717, 1.165) is 50.2 Å². The summed E-state index contributed by atoms with van der Waals surface area (Å²) in [6, 6.07) is 13.2. The van der Waals surface area contributed by atoms with Gasteiger partial charge in [-0.1, -0.05) is 57.0 Å². The maximum Gasteiger partial charge on any atom is 0.293 e. The monoisotopic (exact) mass is 362 g/mol. The number of hydrogen-bond donors (Lipinski definition) is 0. The Kier molecular flexibility index (Phi) is 6.87. The lowest BCUT2D eigenvalue weighted by Crippen LogP contribution is -2.34. The number of H-pyrrole nitrogens is 1. The summed E-state index contributed by atoms with van der Waals surface area (Å²) < 4.78 is 0. The van der Waals surface area contributed by atoms with Crippen molar-refractivity contribution in [2.24, 2.45) is 0 Å². The number of hydrogen-bond acceptors (Lipinski definition) is 2. The Morgan fingerprint density at radius 1 is 0.963 bits per heavy atom. The van der Waals surface area contributed by atoms with Crippen LogP contribution in [-0.4, -0.2) is 13.1 Å². The molecule has 0 radical (unpaired) electrons. The van der Waals surface area contributed by atoms with Gasteiger partial charge in [-0.15, -0.1) is 0 Å². The average molecular weight is 363 g/mol. The van der Waals surface area contributed by atoms with E-state index in [4.69, 9.17) is 0 Å². The molecule has 0 unspecified atom stereocenters. The molecule has 1 aliphatic carbocycles. The van der Waals surface area contributed by atoms with Crippen LogP contribution >= 0.6 is 0 Å². The summed E-state index contributed by atoms with van der Waals surface area (Å²) >= 11 is 0. The minimum atomic E-state index is 0.886. The molecule has 0 aliphatic heterocycles. The molecule has 142 valence electrons. The molecule has 3 nitrogen and oxygen atoms in total. The van der Waals surface area contributed by atoms with E-state index in [-0.39, 0.29) is 0 Å². The van der Waals surface area contributed by atoms with E-state index in [1.807, 2.05) is 0 Å². The number of fused-ring (bicyclic) bond motifs is 1. The molecule has 3 heteroatoms. The average Bonchev–Trinajstić information content (AvgIpc) is 2.73. The summed E-state index contributed by atoms with van der Waals surface area (Å²) in [5.74, 6) is 1.04. The number of nitrogens with zero attached hydrogens (tertiary/aromatic N) is 2. The van der Waals surface area contributed by atoms with E-state index in [2.05, 4.69) is 60.1 Å². The minimum absolute atomic E-state index is 0.886. The number of nitriles is 1. The van der Waals surface area contributed by atoms with E-state index in [0.29, 0.717) is 0 Å². The van der Waals surface area contributed by atoms with Crippen LogP contribution in [0.3, 0.4) is 0 Å². The predicted octanol–water partition coefficient (Wildman–Crippen LogP) is 5.32. The van der Waals surface area contributed by atoms with Crippen molar-refractivity contribution in [3.8, 4) is 17.3 Å². The topological polar surface area (TPSA) is 41.2 Å². The zero-order valence-electron chi connectivity index (χ0n) is 16.9. The molecule has 0 saturated carbocycles. The van der Waals surface area contributed by atoms with Crippen LogP contribution in [0.25, 0.3) is 11.3 Å². The van der Waals surface area contributed by atoms with Gasteiger partial charge in [-0.25, -0.2) is 4.98 Å². The summed E-state index contributed by atoms with van der Waals surface area (Å²) in [5, 5.41) is 10.0. The molecule has 1 heterocycles. The van der Waals surface area contributed by atoms with Crippen LogP contribution in [0.15, 0.2) is 30.3 Å². The van der Waals surface area contributed by atoms with Crippen LogP contribution in [0.4, 0.5) is 5.82 Å². The van der Waals surface area contributed by atoms with E-state index in [9.17, 15) is 5.26 Å². The molecule has 1 N–H and O–H groups in total. The van der Waals surface area contributed by atoms with Crippen molar-refractivity contribution in [2.45, 2.75) is 65.2 Å². The minimum Gasteiger partial charge on any atom is -0.261 e. The van der Waals surface area contributed by atoms with Crippen molar-refractivity contribution in [3.05, 3.63) is 47.0 Å². The van der Waals surface area contributed by atoms with Gasteiger partial charge in [0.05, 0.1) is 13.1 Å². The van der Waals surface area contributed by atoms with Crippen LogP contribution in [0, 0.1) is 11.3 Å². The maximum absolute atomic E-state index is 10.0. The highest BCUT2D eigenvalue weighted by atomic mass is 15.2. The van der Waals surface area contributed by atoms with E-state index < -0.39 is 0 Å². The first-order chi connectivity index (χ1) is 13.3. The molecule has 3 rings (SSSR count). The number of unbranched alkanes of at least 4 members (excludes halogenated alkanes) is 2. The van der Waals surface area contributed by atoms with Gasteiger partial charge in [0, 0.05) is 11.1 Å². The number of pyridine rings is 1. The third-order valence-electron chi connectivity index (χ3n) is 5.61. The normalized spacial score (nSPS) is 13.1.